The van der Waals surface area contributed by atoms with Gasteiger partial charge in [-0.05, 0) is 31.0 Å². The third kappa shape index (κ3) is 4.13. The van der Waals surface area contributed by atoms with Gasteiger partial charge in [-0.3, -0.25) is 0 Å². The predicted molar refractivity (Wildman–Crippen MR) is 89.3 cm³/mol. The van der Waals surface area contributed by atoms with Gasteiger partial charge in [-0.2, -0.15) is 0 Å². The van der Waals surface area contributed by atoms with Crippen LogP contribution in [0.15, 0.2) is 42.5 Å². The predicted octanol–water partition coefficient (Wildman–Crippen LogP) is 5.16. The molecule has 0 aliphatic rings. The standard InChI is InChI=1S/C17H19Cl2NO/c1-3-16(20)17(12-6-4-5-11(2)9-12)21-13-7-8-14(18)15(19)10-13/h4-10,16-17H,3,20H2,1-2H3. The smallest absolute Gasteiger partial charge is 0.139 e. The first-order valence-corrected chi connectivity index (χ1v) is 7.70. The van der Waals surface area contributed by atoms with Crippen LogP contribution in [0.25, 0.3) is 0 Å². The number of hydrogen-bond acceptors (Lipinski definition) is 2. The fourth-order valence-electron chi connectivity index (χ4n) is 2.16. The van der Waals surface area contributed by atoms with Crippen molar-refractivity contribution in [3.8, 4) is 5.75 Å². The van der Waals surface area contributed by atoms with Gasteiger partial charge >= 0.3 is 0 Å². The van der Waals surface area contributed by atoms with Crippen LogP contribution in [0.2, 0.25) is 10.0 Å². The van der Waals surface area contributed by atoms with Crippen molar-refractivity contribution in [1.29, 1.82) is 0 Å². The number of benzene rings is 2. The van der Waals surface area contributed by atoms with Crippen LogP contribution in [0.1, 0.15) is 30.6 Å². The molecule has 0 heterocycles. The van der Waals surface area contributed by atoms with Gasteiger partial charge in [0.1, 0.15) is 11.9 Å². The van der Waals surface area contributed by atoms with Crippen molar-refractivity contribution in [3.05, 3.63) is 63.6 Å². The molecule has 0 aliphatic carbocycles. The highest BCUT2D eigenvalue weighted by molar-refractivity contribution is 6.42. The van der Waals surface area contributed by atoms with Gasteiger partial charge in [0, 0.05) is 12.1 Å². The maximum Gasteiger partial charge on any atom is 0.139 e. The van der Waals surface area contributed by atoms with Gasteiger partial charge in [0.15, 0.2) is 0 Å². The molecule has 2 rings (SSSR count). The zero-order chi connectivity index (χ0) is 15.4. The second-order valence-corrected chi connectivity index (χ2v) is 5.92. The monoisotopic (exact) mass is 323 g/mol. The molecule has 0 spiro atoms. The quantitative estimate of drug-likeness (QED) is 0.824. The summed E-state index contributed by atoms with van der Waals surface area (Å²) in [6.45, 7) is 4.10. The van der Waals surface area contributed by atoms with Crippen LogP contribution < -0.4 is 10.5 Å². The Kier molecular flexibility index (Phi) is 5.51. The Morgan fingerprint density at radius 3 is 2.48 bits per heavy atom. The van der Waals surface area contributed by atoms with E-state index in [1.54, 1.807) is 18.2 Å². The molecule has 2 nitrogen and oxygen atoms in total. The molecule has 2 aromatic rings. The molecule has 2 unspecified atom stereocenters. The summed E-state index contributed by atoms with van der Waals surface area (Å²) in [4.78, 5) is 0. The van der Waals surface area contributed by atoms with E-state index in [0.717, 1.165) is 12.0 Å². The van der Waals surface area contributed by atoms with Gasteiger partial charge < -0.3 is 10.5 Å². The zero-order valence-corrected chi connectivity index (χ0v) is 13.7. The summed E-state index contributed by atoms with van der Waals surface area (Å²) in [5.74, 6) is 0.666. The molecule has 0 radical (unpaired) electrons. The Labute approximate surface area is 135 Å². The fraction of sp³-hybridized carbons (Fsp3) is 0.294. The van der Waals surface area contributed by atoms with E-state index in [1.165, 1.54) is 5.56 Å². The molecule has 21 heavy (non-hydrogen) atoms. The van der Waals surface area contributed by atoms with E-state index in [1.807, 2.05) is 19.1 Å². The van der Waals surface area contributed by atoms with Crippen molar-refractivity contribution in [2.24, 2.45) is 5.73 Å². The van der Waals surface area contributed by atoms with E-state index < -0.39 is 0 Å². The van der Waals surface area contributed by atoms with Crippen LogP contribution in [0.3, 0.4) is 0 Å². The number of rotatable bonds is 5. The highest BCUT2D eigenvalue weighted by atomic mass is 35.5. The van der Waals surface area contributed by atoms with Gasteiger partial charge in [0.2, 0.25) is 0 Å². The highest BCUT2D eigenvalue weighted by Gasteiger charge is 2.21. The Morgan fingerprint density at radius 1 is 1.10 bits per heavy atom. The van der Waals surface area contributed by atoms with Crippen LogP contribution in [-0.4, -0.2) is 6.04 Å². The van der Waals surface area contributed by atoms with Crippen molar-refractivity contribution in [1.82, 2.24) is 0 Å². The lowest BCUT2D eigenvalue weighted by Gasteiger charge is -2.25. The Bertz CT molecular complexity index is 615. The number of ether oxygens (including phenoxy) is 1. The minimum atomic E-state index is -0.216. The number of nitrogens with two attached hydrogens (primary N) is 1. The molecule has 2 aromatic carbocycles. The van der Waals surface area contributed by atoms with E-state index >= 15 is 0 Å². The lowest BCUT2D eigenvalue weighted by molar-refractivity contribution is 0.171. The number of halogens is 2. The van der Waals surface area contributed by atoms with Crippen LogP contribution in [0, 0.1) is 6.92 Å². The normalized spacial score (nSPS) is 13.8. The first-order valence-electron chi connectivity index (χ1n) is 6.95. The maximum absolute atomic E-state index is 6.23. The van der Waals surface area contributed by atoms with Crippen molar-refractivity contribution >= 4 is 23.2 Å². The van der Waals surface area contributed by atoms with Crippen molar-refractivity contribution in [2.75, 3.05) is 0 Å². The summed E-state index contributed by atoms with van der Waals surface area (Å²) in [6, 6.07) is 13.3. The summed E-state index contributed by atoms with van der Waals surface area (Å²) >= 11 is 12.0. The largest absolute Gasteiger partial charge is 0.484 e. The first-order chi connectivity index (χ1) is 10.0. The molecule has 0 saturated carbocycles. The molecular formula is C17H19Cl2NO. The van der Waals surface area contributed by atoms with Crippen LogP contribution in [0.4, 0.5) is 0 Å². The molecule has 0 saturated heterocycles. The second-order valence-electron chi connectivity index (χ2n) is 5.10. The number of hydrogen-bond donors (Lipinski definition) is 1. The Morgan fingerprint density at radius 2 is 1.86 bits per heavy atom. The summed E-state index contributed by atoms with van der Waals surface area (Å²) in [6.07, 6.45) is 0.604. The minimum Gasteiger partial charge on any atom is -0.484 e. The fourth-order valence-corrected chi connectivity index (χ4v) is 2.45. The van der Waals surface area contributed by atoms with E-state index in [9.17, 15) is 0 Å². The zero-order valence-electron chi connectivity index (χ0n) is 12.1. The van der Waals surface area contributed by atoms with Crippen molar-refractivity contribution < 1.29 is 4.74 Å². The first kappa shape index (κ1) is 16.2. The molecular weight excluding hydrogens is 305 g/mol. The van der Waals surface area contributed by atoms with Gasteiger partial charge in [-0.1, -0.05) is 60.0 Å². The third-order valence-corrected chi connectivity index (χ3v) is 4.12. The Hall–Kier alpha value is -1.22. The van der Waals surface area contributed by atoms with Crippen LogP contribution >= 0.6 is 23.2 Å². The van der Waals surface area contributed by atoms with Gasteiger partial charge in [-0.15, -0.1) is 0 Å². The van der Waals surface area contributed by atoms with Gasteiger partial charge in [-0.25, -0.2) is 0 Å². The van der Waals surface area contributed by atoms with Crippen molar-refractivity contribution in [3.63, 3.8) is 0 Å². The summed E-state index contributed by atoms with van der Waals surface area (Å²) < 4.78 is 6.08. The minimum absolute atomic E-state index is 0.0961. The lowest BCUT2D eigenvalue weighted by Crippen LogP contribution is -2.31. The summed E-state index contributed by atoms with van der Waals surface area (Å²) in [7, 11) is 0. The molecule has 2 atom stereocenters. The molecule has 112 valence electrons. The average Bonchev–Trinajstić information content (AvgIpc) is 2.47. The molecule has 0 aliphatic heterocycles. The van der Waals surface area contributed by atoms with Gasteiger partial charge in [0.05, 0.1) is 10.0 Å². The lowest BCUT2D eigenvalue weighted by atomic mass is 9.99. The molecule has 4 heteroatoms. The third-order valence-electron chi connectivity index (χ3n) is 3.39. The second kappa shape index (κ2) is 7.17. The van der Waals surface area contributed by atoms with Gasteiger partial charge in [0.25, 0.3) is 0 Å². The molecule has 0 bridgehead atoms. The summed E-state index contributed by atoms with van der Waals surface area (Å²) in [5, 5.41) is 0.984. The van der Waals surface area contributed by atoms with Crippen molar-refractivity contribution in [2.45, 2.75) is 32.4 Å². The van der Waals surface area contributed by atoms with E-state index in [4.69, 9.17) is 33.7 Å². The SMILES string of the molecule is CCC(N)C(Oc1ccc(Cl)c(Cl)c1)c1cccc(C)c1. The molecule has 2 N–H and O–H groups in total. The maximum atomic E-state index is 6.23. The highest BCUT2D eigenvalue weighted by Crippen LogP contribution is 2.31. The van der Waals surface area contributed by atoms with Crippen LogP contribution in [-0.2, 0) is 0 Å². The molecule has 0 fully saturated rings. The van der Waals surface area contributed by atoms with E-state index in [-0.39, 0.29) is 12.1 Å². The average molecular weight is 324 g/mol. The Balaban J connectivity index is 2.30. The topological polar surface area (TPSA) is 35.2 Å². The van der Waals surface area contributed by atoms with E-state index in [2.05, 4.69) is 19.1 Å². The van der Waals surface area contributed by atoms with Crippen LogP contribution in [0.5, 0.6) is 5.75 Å². The summed E-state index contributed by atoms with van der Waals surface area (Å²) in [5.41, 5.74) is 8.48. The molecule has 0 aromatic heterocycles. The molecule has 0 amide bonds. The number of aryl methyl sites for hydroxylation is 1. The van der Waals surface area contributed by atoms with E-state index in [0.29, 0.717) is 15.8 Å².